The fourth-order valence-electron chi connectivity index (χ4n) is 14.3. The second-order valence-corrected chi connectivity index (χ2v) is 33.6. The third-order valence-electron chi connectivity index (χ3n) is 21.0. The predicted molar refractivity (Wildman–Crippen MR) is 506 cm³/mol. The van der Waals surface area contributed by atoms with Gasteiger partial charge in [0, 0.05) is 213 Å². The molecule has 3 aliphatic rings. The average molecular weight is 1920 g/mol. The summed E-state index contributed by atoms with van der Waals surface area (Å²) in [6, 6.07) is 35.9. The van der Waals surface area contributed by atoms with Gasteiger partial charge in [0.25, 0.3) is 0 Å². The molecule has 3 saturated heterocycles. The molecule has 0 saturated carbocycles. The molecule has 47 heteroatoms. The van der Waals surface area contributed by atoms with Crippen LogP contribution in [0, 0.1) is 13.8 Å². The van der Waals surface area contributed by atoms with Gasteiger partial charge in [-0.05, 0) is 147 Å². The Labute approximate surface area is 784 Å². The maximum atomic E-state index is 12.9. The van der Waals surface area contributed by atoms with Gasteiger partial charge in [0.1, 0.15) is 43.4 Å². The number of anilines is 3. The van der Waals surface area contributed by atoms with Crippen molar-refractivity contribution in [3.63, 3.8) is 0 Å². The molecule has 13 heterocycles. The first-order valence-electron chi connectivity index (χ1n) is 42.2. The van der Waals surface area contributed by atoms with Gasteiger partial charge in [0.2, 0.25) is 11.8 Å². The second-order valence-electron chi connectivity index (χ2n) is 29.7. The maximum absolute atomic E-state index is 12.9. The number of methoxy groups -OCH3 is 3. The van der Waals surface area contributed by atoms with Gasteiger partial charge >= 0.3 is 29.8 Å². The molecule has 3 fully saturated rings. The minimum atomic E-state index is -1.00. The Kier molecular flexibility index (Phi) is 39.1. The molecule has 0 aliphatic carbocycles. The summed E-state index contributed by atoms with van der Waals surface area (Å²) in [4.78, 5) is 116. The van der Waals surface area contributed by atoms with Gasteiger partial charge < -0.3 is 74.9 Å². The molecule has 3 aliphatic heterocycles. The normalized spacial score (nSPS) is 12.8. The Morgan fingerprint density at radius 1 is 0.470 bits per heavy atom. The fourth-order valence-corrected chi connectivity index (χ4v) is 17.1. The van der Waals surface area contributed by atoms with Gasteiger partial charge in [0.05, 0.1) is 78.9 Å². The summed E-state index contributed by atoms with van der Waals surface area (Å²) >= 11 is 18.2. The first-order chi connectivity index (χ1) is 64.7. The van der Waals surface area contributed by atoms with Crippen LogP contribution >= 0.6 is 42.7 Å². The zero-order valence-electron chi connectivity index (χ0n) is 74.4. The van der Waals surface area contributed by atoms with E-state index < -0.39 is 31.8 Å². The lowest BCUT2D eigenvalue weighted by atomic mass is 10.2. The SMILES string of the molecule is CCOC(=O)Cn1nc(C)c2cccnc21.COc1cc(N2CCN(C(=O)Cn3nc(CN)c4cccnc43)CC2)ccc1Cl.COc1cc(N2CCN(C(=O)Cn3nc(CN=[N+]=[N-])c4cccnc43)CC2)ccc1Cl.COc1cc(N2CCNCC2)ccc1Cl.Cc1[nH]nc2ncccc12.O=C(O)CCP(CCC(=O)O)CCC(=O)O.[N-]=[N+]=NCc1nn(CC(=O)O)c2ncccc12. The number of pyridine rings is 5. The summed E-state index contributed by atoms with van der Waals surface area (Å²) in [5.41, 5.74) is 33.0. The number of rotatable bonds is 29. The maximum Gasteiger partial charge on any atom is 0.327 e. The number of hydrogen-bond acceptors (Lipinski definition) is 28. The number of esters is 1. The van der Waals surface area contributed by atoms with E-state index >= 15 is 0 Å². The fraction of sp³-hybridized carbons (Fsp3) is 0.368. The Balaban J connectivity index is 0.000000167. The standard InChI is InChI=1S/C20H21ClN8O2.C20H23ClN6O2.C11H15ClN2O.C11H13N3O2.C9H8N6O2.C9H15O6P.C7H7N3/c1-31-18-11-14(4-5-16(18)21)27-7-9-28(10-8-27)19(30)13-29-20-15(3-2-6-23-20)17(25-29)12-24-26-22;1-29-18-11-14(4-5-16(18)21)25-7-9-26(10-8-25)19(28)13-27-20-15(3-2-6-23-20)17(12-22)24-27;1-15-11-8-9(2-3-10(11)12)14-6-4-13-5-7-14;1-3-16-10(15)7-14-11-9(8(2)13-14)5-4-6-12-11;10-14-12-4-7-6-2-1-3-11-9(6)15(13-7)5-8(16)17;10-7(11)1-4-16(5-2-8(12)13)6-3-9(14)15;1-5-6-3-2-4-8-7(6)10-9-5/h2-6,11H,7-10,12-13H2,1H3;2-6,11H,7-10,12-13,22H2,1H3;2-3,8,13H,4-7H2,1H3;4-6H,3,7H2,1-2H3;1-3H,4-5H2,(H,16,17);1-6H2,(H,10,11)(H,12,13)(H,14,15);2-4H,1H3,(H,8,9,10). The number of nitrogens with one attached hydrogen (secondary N) is 2. The molecule has 2 amide bonds. The van der Waals surface area contributed by atoms with Gasteiger partial charge in [-0.3, -0.25) is 38.7 Å². The number of carboxylic acid groups (broad SMARTS) is 4. The number of amides is 2. The number of benzene rings is 3. The number of halogens is 3. The summed E-state index contributed by atoms with van der Waals surface area (Å²) in [7, 11) is 4.03. The second kappa shape index (κ2) is 51.5. The van der Waals surface area contributed by atoms with Crippen molar-refractivity contribution in [2.24, 2.45) is 16.0 Å². The Bertz CT molecular complexity index is 6200. The number of aryl methyl sites for hydroxylation is 2. The molecule has 0 spiro atoms. The number of ether oxygens (including phenoxy) is 4. The van der Waals surface area contributed by atoms with Crippen molar-refractivity contribution in [1.82, 2.24) is 89.4 Å². The Morgan fingerprint density at radius 2 is 0.836 bits per heavy atom. The van der Waals surface area contributed by atoms with Crippen LogP contribution in [0.1, 0.15) is 54.7 Å². The van der Waals surface area contributed by atoms with E-state index in [1.54, 1.807) is 91.5 Å². The number of aromatic amines is 1. The number of carbonyl (C=O) groups is 7. The van der Waals surface area contributed by atoms with Crippen LogP contribution in [0.4, 0.5) is 17.1 Å². The number of hydrogen-bond donors (Lipinski definition) is 7. The van der Waals surface area contributed by atoms with Crippen LogP contribution in [0.25, 0.3) is 76.1 Å². The Hall–Kier alpha value is -14.3. The topological polar surface area (TPSA) is 554 Å². The first-order valence-corrected chi connectivity index (χ1v) is 45.2. The number of H-pyrrole nitrogens is 1. The van der Waals surface area contributed by atoms with E-state index in [1.165, 1.54) is 10.4 Å². The van der Waals surface area contributed by atoms with Crippen LogP contribution in [0.3, 0.4) is 0 Å². The van der Waals surface area contributed by atoms with Crippen molar-refractivity contribution < 1.29 is 72.9 Å². The smallest absolute Gasteiger partial charge is 0.327 e. The van der Waals surface area contributed by atoms with Crippen LogP contribution in [0.2, 0.25) is 15.1 Å². The molecule has 10 aromatic heterocycles. The van der Waals surface area contributed by atoms with Crippen molar-refractivity contribution >= 4 is 157 Å². The van der Waals surface area contributed by atoms with E-state index in [4.69, 9.17) is 91.0 Å². The highest BCUT2D eigenvalue weighted by Crippen LogP contribution is 2.38. The predicted octanol–water partition coefficient (Wildman–Crippen LogP) is 11.7. The molecule has 0 radical (unpaired) electrons. The van der Waals surface area contributed by atoms with Crippen molar-refractivity contribution in [3.8, 4) is 17.2 Å². The van der Waals surface area contributed by atoms with Crippen LogP contribution in [0.5, 0.6) is 17.2 Å². The molecule has 16 rings (SSSR count). The highest BCUT2D eigenvalue weighted by Gasteiger charge is 2.27. The van der Waals surface area contributed by atoms with Crippen LogP contribution < -0.4 is 40.0 Å². The molecule has 0 unspecified atom stereocenters. The molecule has 706 valence electrons. The van der Waals surface area contributed by atoms with E-state index in [1.807, 2.05) is 121 Å². The molecule has 13 aromatic rings. The van der Waals surface area contributed by atoms with Gasteiger partial charge in [0.15, 0.2) is 28.2 Å². The lowest BCUT2D eigenvalue weighted by Crippen LogP contribution is -2.49. The number of carbonyl (C=O) groups excluding carboxylic acids is 3. The van der Waals surface area contributed by atoms with Crippen molar-refractivity contribution in [2.45, 2.75) is 85.8 Å². The Morgan fingerprint density at radius 3 is 1.22 bits per heavy atom. The monoisotopic (exact) mass is 1910 g/mol. The number of fused-ring (bicyclic) bond motifs is 5. The molecule has 134 heavy (non-hydrogen) atoms. The summed E-state index contributed by atoms with van der Waals surface area (Å²) in [5.74, 6) is -2.07. The molecule has 0 atom stereocenters. The number of azide groups is 2. The van der Waals surface area contributed by atoms with Gasteiger partial charge in [-0.1, -0.05) is 45.0 Å². The highest BCUT2D eigenvalue weighted by atomic mass is 35.5. The van der Waals surface area contributed by atoms with Crippen LogP contribution in [-0.4, -0.2) is 271 Å². The molecular weight excluding hydrogens is 1810 g/mol. The zero-order chi connectivity index (χ0) is 96.2. The average Bonchev–Trinajstić information content (AvgIpc) is 1.59. The van der Waals surface area contributed by atoms with E-state index in [0.29, 0.717) is 137 Å². The van der Waals surface area contributed by atoms with E-state index in [0.717, 1.165) is 101 Å². The molecule has 43 nitrogen and oxygen atoms in total. The van der Waals surface area contributed by atoms with Gasteiger partial charge in [-0.25, -0.2) is 43.6 Å². The highest BCUT2D eigenvalue weighted by molar-refractivity contribution is 7.57. The van der Waals surface area contributed by atoms with E-state index in [-0.39, 0.29) is 76.3 Å². The molecule has 0 bridgehead atoms. The van der Waals surface area contributed by atoms with Gasteiger partial charge in [-0.15, -0.1) is 7.92 Å². The molecule has 8 N–H and O–H groups in total. The van der Waals surface area contributed by atoms with Crippen LogP contribution in [-0.2, 0) is 84.1 Å². The minimum absolute atomic E-state index is 0.0229. The minimum Gasteiger partial charge on any atom is -0.495 e. The van der Waals surface area contributed by atoms with E-state index in [9.17, 15) is 33.6 Å². The number of carboxylic acids is 4. The molecule has 3 aromatic carbocycles. The number of piperazine rings is 3. The third kappa shape index (κ3) is 29.1. The molecular formula is C87H102Cl3N28O15P. The summed E-state index contributed by atoms with van der Waals surface area (Å²) in [6.45, 7) is 16.1. The number of nitrogens with two attached hydrogens (primary N) is 1. The van der Waals surface area contributed by atoms with Crippen molar-refractivity contribution in [3.05, 3.63) is 211 Å². The van der Waals surface area contributed by atoms with Crippen molar-refractivity contribution in [1.29, 1.82) is 0 Å². The first kappa shape index (κ1) is 102. The van der Waals surface area contributed by atoms with E-state index in [2.05, 4.69) is 95.6 Å². The number of aromatic nitrogens is 15. The zero-order valence-corrected chi connectivity index (χ0v) is 77.5. The number of aliphatic carboxylic acids is 4. The van der Waals surface area contributed by atoms with Gasteiger partial charge in [-0.2, -0.15) is 25.5 Å². The lowest BCUT2D eigenvalue weighted by molar-refractivity contribution is -0.144. The quantitative estimate of drug-likeness (QED) is 0.00752. The van der Waals surface area contributed by atoms with Crippen molar-refractivity contribution in [2.75, 3.05) is 140 Å². The third-order valence-corrected chi connectivity index (χ3v) is 24.5. The summed E-state index contributed by atoms with van der Waals surface area (Å²) in [6.07, 6.45) is 9.45. The van der Waals surface area contributed by atoms with Crippen LogP contribution in [0.15, 0.2) is 156 Å². The largest absolute Gasteiger partial charge is 0.495 e. The lowest BCUT2D eigenvalue weighted by Gasteiger charge is -2.36. The summed E-state index contributed by atoms with van der Waals surface area (Å²) < 4.78 is 26.8. The number of nitrogens with zero attached hydrogens (tertiary/aromatic N) is 25. The summed E-state index contributed by atoms with van der Waals surface area (Å²) in [5, 5.41) is 74.9.